The van der Waals surface area contributed by atoms with Gasteiger partial charge in [-0.2, -0.15) is 5.26 Å². The molecule has 0 aliphatic rings. The number of hydrogen-bond acceptors (Lipinski definition) is 3. The highest BCUT2D eigenvalue weighted by Crippen LogP contribution is 2.23. The lowest BCUT2D eigenvalue weighted by Gasteiger charge is -2.12. The molecule has 2 aromatic rings. The number of anilines is 1. The number of nitrogens with two attached hydrogens (primary N) is 1. The van der Waals surface area contributed by atoms with Crippen LogP contribution in [0.2, 0.25) is 5.02 Å². The van der Waals surface area contributed by atoms with E-state index in [4.69, 9.17) is 17.3 Å². The molecular formula is C21H23ClN4O2. The lowest BCUT2D eigenvalue weighted by atomic mass is 10.1. The number of hydrogen-bond donors (Lipinski definition) is 2. The average Bonchev–Trinajstić information content (AvgIpc) is 2.86. The zero-order valence-corrected chi connectivity index (χ0v) is 17.1. The second-order valence-electron chi connectivity index (χ2n) is 7.01. The van der Waals surface area contributed by atoms with Crippen LogP contribution < -0.4 is 11.1 Å². The molecule has 0 unspecified atom stereocenters. The molecule has 1 heterocycles. The van der Waals surface area contributed by atoms with Crippen molar-refractivity contribution < 1.29 is 9.59 Å². The van der Waals surface area contributed by atoms with Gasteiger partial charge in [0.25, 0.3) is 5.91 Å². The molecule has 0 aliphatic heterocycles. The third kappa shape index (κ3) is 4.81. The smallest absolute Gasteiger partial charge is 0.266 e. The summed E-state index contributed by atoms with van der Waals surface area (Å²) >= 11 is 6.00. The Morgan fingerprint density at radius 1 is 1.32 bits per heavy atom. The maximum absolute atomic E-state index is 12.5. The molecule has 0 spiro atoms. The van der Waals surface area contributed by atoms with Crippen LogP contribution in [0.4, 0.5) is 5.69 Å². The molecular weight excluding hydrogens is 376 g/mol. The van der Waals surface area contributed by atoms with Crippen molar-refractivity contribution in [1.29, 1.82) is 5.26 Å². The maximum Gasteiger partial charge on any atom is 0.266 e. The molecule has 3 N–H and O–H groups in total. The van der Waals surface area contributed by atoms with Crippen molar-refractivity contribution in [3.8, 4) is 6.07 Å². The number of nitrogens with one attached hydrogen (secondary N) is 1. The molecule has 2 amide bonds. The molecule has 0 saturated carbocycles. The van der Waals surface area contributed by atoms with Crippen molar-refractivity contribution in [3.05, 3.63) is 57.4 Å². The van der Waals surface area contributed by atoms with Crippen LogP contribution in [0, 0.1) is 31.1 Å². The molecule has 0 fully saturated rings. The fourth-order valence-electron chi connectivity index (χ4n) is 2.92. The van der Waals surface area contributed by atoms with Gasteiger partial charge in [-0.05, 0) is 55.7 Å². The molecule has 0 bridgehead atoms. The lowest BCUT2D eigenvalue weighted by molar-refractivity contribution is -0.112. The number of primary amides is 1. The van der Waals surface area contributed by atoms with Crippen molar-refractivity contribution in [2.24, 2.45) is 11.7 Å². The summed E-state index contributed by atoms with van der Waals surface area (Å²) in [6.07, 6.45) is 1.58. The van der Waals surface area contributed by atoms with Gasteiger partial charge in [0.1, 0.15) is 11.6 Å². The normalized spacial score (nSPS) is 11.4. The quantitative estimate of drug-likeness (QED) is 0.566. The first-order valence-corrected chi connectivity index (χ1v) is 9.21. The lowest BCUT2D eigenvalue weighted by Crippen LogP contribution is -2.15. The molecule has 1 aromatic carbocycles. The predicted octanol–water partition coefficient (Wildman–Crippen LogP) is 4.06. The summed E-state index contributed by atoms with van der Waals surface area (Å²) < 4.78 is 2.17. The minimum atomic E-state index is -0.655. The summed E-state index contributed by atoms with van der Waals surface area (Å²) in [7, 11) is 0. The molecule has 2 rings (SSSR count). The van der Waals surface area contributed by atoms with E-state index in [1.165, 1.54) is 18.2 Å². The van der Waals surface area contributed by atoms with Crippen LogP contribution in [0.25, 0.3) is 6.08 Å². The van der Waals surface area contributed by atoms with Crippen molar-refractivity contribution in [3.63, 3.8) is 0 Å². The Labute approximate surface area is 169 Å². The number of nitriles is 1. The molecule has 0 radical (unpaired) electrons. The Bertz CT molecular complexity index is 997. The molecule has 1 aromatic heterocycles. The van der Waals surface area contributed by atoms with E-state index in [0.29, 0.717) is 11.6 Å². The van der Waals surface area contributed by atoms with Crippen LogP contribution >= 0.6 is 11.6 Å². The number of amides is 2. The summed E-state index contributed by atoms with van der Waals surface area (Å²) in [5.74, 6) is -0.732. The monoisotopic (exact) mass is 398 g/mol. The van der Waals surface area contributed by atoms with Crippen LogP contribution in [0.3, 0.4) is 0 Å². The van der Waals surface area contributed by atoms with Crippen LogP contribution in [0.5, 0.6) is 0 Å². The molecule has 0 atom stereocenters. The standard InChI is InChI=1S/C21H23ClN4O2/c1-12(2)11-26-13(3)7-15(14(26)4)8-16(10-23)21(28)25-17-5-6-18(20(24)27)19(22)9-17/h5-9,12H,11H2,1-4H3,(H2,24,27)(H,25,28)/b16-8+. The van der Waals surface area contributed by atoms with Crippen LogP contribution in [0.15, 0.2) is 29.8 Å². The van der Waals surface area contributed by atoms with Gasteiger partial charge in [0.15, 0.2) is 0 Å². The second-order valence-corrected chi connectivity index (χ2v) is 7.42. The van der Waals surface area contributed by atoms with E-state index in [-0.39, 0.29) is 16.2 Å². The zero-order valence-electron chi connectivity index (χ0n) is 16.3. The number of rotatable bonds is 6. The Hall–Kier alpha value is -3.04. The Morgan fingerprint density at radius 3 is 2.54 bits per heavy atom. The minimum absolute atomic E-state index is 0.0279. The fraction of sp³-hybridized carbons (Fsp3) is 0.286. The minimum Gasteiger partial charge on any atom is -0.366 e. The van der Waals surface area contributed by atoms with Gasteiger partial charge in [0, 0.05) is 23.6 Å². The van der Waals surface area contributed by atoms with Gasteiger partial charge >= 0.3 is 0 Å². The van der Waals surface area contributed by atoms with Crippen molar-refractivity contribution in [1.82, 2.24) is 4.57 Å². The van der Waals surface area contributed by atoms with E-state index in [2.05, 4.69) is 23.7 Å². The molecule has 0 saturated heterocycles. The van der Waals surface area contributed by atoms with Gasteiger partial charge in [-0.1, -0.05) is 25.4 Å². The summed E-state index contributed by atoms with van der Waals surface area (Å²) in [4.78, 5) is 23.8. The highest BCUT2D eigenvalue weighted by molar-refractivity contribution is 6.34. The zero-order chi connectivity index (χ0) is 21.0. The second kappa shape index (κ2) is 8.77. The van der Waals surface area contributed by atoms with Crippen molar-refractivity contribution >= 4 is 35.2 Å². The molecule has 28 heavy (non-hydrogen) atoms. The largest absolute Gasteiger partial charge is 0.366 e. The average molecular weight is 399 g/mol. The highest BCUT2D eigenvalue weighted by atomic mass is 35.5. The number of halogens is 1. The van der Waals surface area contributed by atoms with E-state index in [0.717, 1.165) is 23.5 Å². The highest BCUT2D eigenvalue weighted by Gasteiger charge is 2.15. The van der Waals surface area contributed by atoms with Gasteiger partial charge in [0.05, 0.1) is 10.6 Å². The topological polar surface area (TPSA) is 101 Å². The van der Waals surface area contributed by atoms with Gasteiger partial charge in [-0.25, -0.2) is 0 Å². The Morgan fingerprint density at radius 2 is 2.00 bits per heavy atom. The third-order valence-corrected chi connectivity index (χ3v) is 4.63. The first-order valence-electron chi connectivity index (χ1n) is 8.83. The maximum atomic E-state index is 12.5. The third-order valence-electron chi connectivity index (χ3n) is 4.32. The van der Waals surface area contributed by atoms with Crippen LogP contribution in [0.1, 0.15) is 41.2 Å². The van der Waals surface area contributed by atoms with E-state index < -0.39 is 11.8 Å². The number of aryl methyl sites for hydroxylation is 1. The Balaban J connectivity index is 2.28. The van der Waals surface area contributed by atoms with E-state index in [1.807, 2.05) is 26.0 Å². The van der Waals surface area contributed by atoms with Crippen LogP contribution in [-0.2, 0) is 11.3 Å². The first-order chi connectivity index (χ1) is 13.1. The number of nitrogens with zero attached hydrogens (tertiary/aromatic N) is 2. The Kier molecular flexibility index (Phi) is 6.66. The number of carbonyl (C=O) groups excluding carboxylic acids is 2. The van der Waals surface area contributed by atoms with Gasteiger partial charge in [0.2, 0.25) is 5.91 Å². The summed E-state index contributed by atoms with van der Waals surface area (Å²) in [6, 6.07) is 8.26. The summed E-state index contributed by atoms with van der Waals surface area (Å²) in [5, 5.41) is 12.2. The number of benzene rings is 1. The van der Waals surface area contributed by atoms with Gasteiger partial charge in [-0.3, -0.25) is 9.59 Å². The first kappa shape index (κ1) is 21.3. The van der Waals surface area contributed by atoms with E-state index in [9.17, 15) is 14.9 Å². The molecule has 6 nitrogen and oxygen atoms in total. The van der Waals surface area contributed by atoms with Gasteiger partial charge < -0.3 is 15.6 Å². The van der Waals surface area contributed by atoms with Gasteiger partial charge in [-0.15, -0.1) is 0 Å². The molecule has 0 aliphatic carbocycles. The summed E-state index contributed by atoms with van der Waals surface area (Å²) in [5.41, 5.74) is 8.61. The van der Waals surface area contributed by atoms with E-state index >= 15 is 0 Å². The van der Waals surface area contributed by atoms with Crippen molar-refractivity contribution in [2.45, 2.75) is 34.2 Å². The molecule has 146 valence electrons. The predicted molar refractivity (Wildman–Crippen MR) is 111 cm³/mol. The fourth-order valence-corrected chi connectivity index (χ4v) is 3.19. The number of aromatic nitrogens is 1. The van der Waals surface area contributed by atoms with Crippen molar-refractivity contribution in [2.75, 3.05) is 5.32 Å². The molecule has 7 heteroatoms. The SMILES string of the molecule is Cc1cc(/C=C(\C#N)C(=O)Nc2ccc(C(N)=O)c(Cl)c2)c(C)n1CC(C)C. The van der Waals surface area contributed by atoms with E-state index in [1.54, 1.807) is 6.08 Å². The summed E-state index contributed by atoms with van der Waals surface area (Å²) in [6.45, 7) is 9.11. The number of carbonyl (C=O) groups is 2. The van der Waals surface area contributed by atoms with Crippen LogP contribution in [-0.4, -0.2) is 16.4 Å².